The van der Waals surface area contributed by atoms with E-state index in [4.69, 9.17) is 33.7 Å². The van der Waals surface area contributed by atoms with Crippen LogP contribution < -0.4 is 10.5 Å². The van der Waals surface area contributed by atoms with Crippen molar-refractivity contribution in [2.45, 2.75) is 25.4 Å². The van der Waals surface area contributed by atoms with Crippen LogP contribution in [0.1, 0.15) is 19.3 Å². The first-order chi connectivity index (χ1) is 7.69. The standard InChI is InChI=1S/C12H15Cl2NO/c13-9-2-4-12(11(14)6-9)16-10-3-1-8(5-10)7-15/h2,4,6,8,10H,1,3,5,7,15H2. The summed E-state index contributed by atoms with van der Waals surface area (Å²) in [7, 11) is 0. The van der Waals surface area contributed by atoms with Crippen LogP contribution in [-0.2, 0) is 0 Å². The van der Waals surface area contributed by atoms with E-state index in [-0.39, 0.29) is 6.10 Å². The molecule has 88 valence electrons. The molecule has 2 N–H and O–H groups in total. The molecule has 1 fully saturated rings. The Morgan fingerprint density at radius 3 is 2.75 bits per heavy atom. The maximum absolute atomic E-state index is 6.04. The van der Waals surface area contributed by atoms with Gasteiger partial charge in [-0.1, -0.05) is 23.2 Å². The Balaban J connectivity index is 1.99. The highest BCUT2D eigenvalue weighted by Crippen LogP contribution is 2.33. The Labute approximate surface area is 106 Å². The lowest BCUT2D eigenvalue weighted by Crippen LogP contribution is -2.15. The van der Waals surface area contributed by atoms with Crippen molar-refractivity contribution in [3.63, 3.8) is 0 Å². The number of ether oxygens (including phenoxy) is 1. The Morgan fingerprint density at radius 1 is 1.31 bits per heavy atom. The van der Waals surface area contributed by atoms with E-state index in [0.717, 1.165) is 25.8 Å². The molecule has 1 aliphatic carbocycles. The summed E-state index contributed by atoms with van der Waals surface area (Å²) in [5.41, 5.74) is 5.64. The van der Waals surface area contributed by atoms with Crippen molar-refractivity contribution in [3.8, 4) is 5.75 Å². The molecule has 0 bridgehead atoms. The van der Waals surface area contributed by atoms with E-state index in [0.29, 0.717) is 21.7 Å². The first-order valence-corrected chi connectivity index (χ1v) is 6.26. The number of halogens is 2. The molecule has 2 unspecified atom stereocenters. The van der Waals surface area contributed by atoms with Crippen LogP contribution >= 0.6 is 23.2 Å². The maximum atomic E-state index is 6.04. The first kappa shape index (κ1) is 12.0. The zero-order valence-electron chi connectivity index (χ0n) is 8.96. The lowest BCUT2D eigenvalue weighted by molar-refractivity contribution is 0.205. The van der Waals surface area contributed by atoms with Crippen molar-refractivity contribution >= 4 is 23.2 Å². The molecule has 2 nitrogen and oxygen atoms in total. The van der Waals surface area contributed by atoms with Gasteiger partial charge in [-0.3, -0.25) is 0 Å². The third kappa shape index (κ3) is 2.82. The van der Waals surface area contributed by atoms with Crippen molar-refractivity contribution < 1.29 is 4.74 Å². The largest absolute Gasteiger partial charge is 0.489 e. The van der Waals surface area contributed by atoms with Gasteiger partial charge in [-0.25, -0.2) is 0 Å². The molecule has 0 aromatic heterocycles. The van der Waals surface area contributed by atoms with Gasteiger partial charge in [0, 0.05) is 5.02 Å². The zero-order valence-corrected chi connectivity index (χ0v) is 10.5. The van der Waals surface area contributed by atoms with Crippen LogP contribution in [0.5, 0.6) is 5.75 Å². The van der Waals surface area contributed by atoms with Gasteiger partial charge in [-0.15, -0.1) is 0 Å². The van der Waals surface area contributed by atoms with Crippen molar-refractivity contribution in [3.05, 3.63) is 28.2 Å². The van der Waals surface area contributed by atoms with Gasteiger partial charge in [0.15, 0.2) is 0 Å². The molecule has 16 heavy (non-hydrogen) atoms. The summed E-state index contributed by atoms with van der Waals surface area (Å²) in [5, 5.41) is 1.20. The number of benzene rings is 1. The highest BCUT2D eigenvalue weighted by atomic mass is 35.5. The molecule has 0 amide bonds. The summed E-state index contributed by atoms with van der Waals surface area (Å²) in [6.45, 7) is 0.744. The van der Waals surface area contributed by atoms with Gasteiger partial charge in [0.05, 0.1) is 11.1 Å². The second kappa shape index (κ2) is 5.26. The average molecular weight is 260 g/mol. The smallest absolute Gasteiger partial charge is 0.138 e. The van der Waals surface area contributed by atoms with Crippen LogP contribution in [0.25, 0.3) is 0 Å². The average Bonchev–Trinajstić information content (AvgIpc) is 2.70. The molecule has 2 atom stereocenters. The second-order valence-electron chi connectivity index (χ2n) is 4.23. The van der Waals surface area contributed by atoms with E-state index in [1.165, 1.54) is 0 Å². The fraction of sp³-hybridized carbons (Fsp3) is 0.500. The summed E-state index contributed by atoms with van der Waals surface area (Å²) < 4.78 is 5.85. The normalized spacial score (nSPS) is 24.7. The summed E-state index contributed by atoms with van der Waals surface area (Å²) in [6, 6.07) is 5.31. The molecular formula is C12H15Cl2NO. The molecule has 1 saturated carbocycles. The fourth-order valence-electron chi connectivity index (χ4n) is 2.10. The third-order valence-corrected chi connectivity index (χ3v) is 3.54. The number of nitrogens with two attached hydrogens (primary N) is 1. The van der Waals surface area contributed by atoms with Crippen LogP contribution in [-0.4, -0.2) is 12.6 Å². The lowest BCUT2D eigenvalue weighted by atomic mass is 10.1. The summed E-state index contributed by atoms with van der Waals surface area (Å²) >= 11 is 11.9. The minimum atomic E-state index is 0.243. The Bertz CT molecular complexity index is 370. The number of hydrogen-bond donors (Lipinski definition) is 1. The Hall–Kier alpha value is -0.440. The Kier molecular flexibility index (Phi) is 3.95. The van der Waals surface area contributed by atoms with E-state index >= 15 is 0 Å². The van der Waals surface area contributed by atoms with E-state index in [2.05, 4.69) is 0 Å². The van der Waals surface area contributed by atoms with E-state index in [1.807, 2.05) is 6.07 Å². The van der Waals surface area contributed by atoms with Crippen LogP contribution in [0.3, 0.4) is 0 Å². The molecule has 0 aliphatic heterocycles. The van der Waals surface area contributed by atoms with Gasteiger partial charge in [0.1, 0.15) is 5.75 Å². The van der Waals surface area contributed by atoms with Crippen molar-refractivity contribution in [1.82, 2.24) is 0 Å². The van der Waals surface area contributed by atoms with Crippen molar-refractivity contribution in [1.29, 1.82) is 0 Å². The van der Waals surface area contributed by atoms with Crippen LogP contribution in [0, 0.1) is 5.92 Å². The second-order valence-corrected chi connectivity index (χ2v) is 5.07. The monoisotopic (exact) mass is 259 g/mol. The van der Waals surface area contributed by atoms with E-state index in [9.17, 15) is 0 Å². The van der Waals surface area contributed by atoms with Gasteiger partial charge >= 0.3 is 0 Å². The summed E-state index contributed by atoms with van der Waals surface area (Å²) in [5.74, 6) is 1.31. The molecule has 1 aromatic carbocycles. The molecule has 1 aromatic rings. The highest BCUT2D eigenvalue weighted by Gasteiger charge is 2.25. The van der Waals surface area contributed by atoms with Crippen molar-refractivity contribution in [2.24, 2.45) is 11.7 Å². The number of hydrogen-bond acceptors (Lipinski definition) is 2. The van der Waals surface area contributed by atoms with E-state index < -0.39 is 0 Å². The van der Waals surface area contributed by atoms with Crippen LogP contribution in [0.4, 0.5) is 0 Å². The van der Waals surface area contributed by atoms with Crippen molar-refractivity contribution in [2.75, 3.05) is 6.54 Å². The quantitative estimate of drug-likeness (QED) is 0.902. The highest BCUT2D eigenvalue weighted by molar-refractivity contribution is 6.35. The topological polar surface area (TPSA) is 35.2 Å². The lowest BCUT2D eigenvalue weighted by Gasteiger charge is -2.15. The van der Waals surface area contributed by atoms with Gasteiger partial charge in [-0.2, -0.15) is 0 Å². The molecule has 0 spiro atoms. The molecule has 4 heteroatoms. The summed E-state index contributed by atoms with van der Waals surface area (Å²) in [4.78, 5) is 0. The predicted molar refractivity (Wildman–Crippen MR) is 67.3 cm³/mol. The molecule has 2 rings (SSSR count). The predicted octanol–water partition coefficient (Wildman–Crippen LogP) is 3.50. The van der Waals surface area contributed by atoms with Crippen LogP contribution in [0.15, 0.2) is 18.2 Å². The Morgan fingerprint density at radius 2 is 2.12 bits per heavy atom. The van der Waals surface area contributed by atoms with Gasteiger partial charge in [0.2, 0.25) is 0 Å². The SMILES string of the molecule is NCC1CCC(Oc2ccc(Cl)cc2Cl)C1. The minimum absolute atomic E-state index is 0.243. The molecule has 0 radical (unpaired) electrons. The number of rotatable bonds is 3. The minimum Gasteiger partial charge on any atom is -0.489 e. The molecular weight excluding hydrogens is 245 g/mol. The fourth-order valence-corrected chi connectivity index (χ4v) is 2.55. The van der Waals surface area contributed by atoms with Gasteiger partial charge < -0.3 is 10.5 Å². The molecule has 1 aliphatic rings. The molecule has 0 heterocycles. The van der Waals surface area contributed by atoms with Gasteiger partial charge in [-0.05, 0) is 49.9 Å². The summed E-state index contributed by atoms with van der Waals surface area (Å²) in [6.07, 6.45) is 3.47. The third-order valence-electron chi connectivity index (χ3n) is 3.01. The van der Waals surface area contributed by atoms with E-state index in [1.54, 1.807) is 12.1 Å². The first-order valence-electron chi connectivity index (χ1n) is 5.51. The zero-order chi connectivity index (χ0) is 11.5. The molecule has 0 saturated heterocycles. The van der Waals surface area contributed by atoms with Gasteiger partial charge in [0.25, 0.3) is 0 Å². The maximum Gasteiger partial charge on any atom is 0.138 e. The van der Waals surface area contributed by atoms with Crippen LogP contribution in [0.2, 0.25) is 10.0 Å².